The predicted octanol–water partition coefficient (Wildman–Crippen LogP) is 5.02. The molecule has 1 aromatic carbocycles. The molecule has 2 rings (SSSR count). The summed E-state index contributed by atoms with van der Waals surface area (Å²) in [6, 6.07) is 9.25. The highest BCUT2D eigenvalue weighted by atomic mass is 79.9. The zero-order valence-corrected chi connectivity index (χ0v) is 12.0. The highest BCUT2D eigenvalue weighted by Crippen LogP contribution is 2.39. The zero-order chi connectivity index (χ0) is 11.8. The molecule has 1 saturated carbocycles. The van der Waals surface area contributed by atoms with Crippen molar-refractivity contribution in [1.82, 2.24) is 0 Å². The Morgan fingerprint density at radius 3 is 2.12 bits per heavy atom. The summed E-state index contributed by atoms with van der Waals surface area (Å²) in [7, 11) is 0. The van der Waals surface area contributed by atoms with Crippen molar-refractivity contribution in [2.75, 3.05) is 0 Å². The fraction of sp³-hybridized carbons (Fsp3) is 0.600. The van der Waals surface area contributed by atoms with E-state index >= 15 is 0 Å². The summed E-state index contributed by atoms with van der Waals surface area (Å²) < 4.78 is 0. The van der Waals surface area contributed by atoms with Crippen LogP contribution in [0.3, 0.4) is 0 Å². The van der Waals surface area contributed by atoms with Crippen LogP contribution in [0.5, 0.6) is 0 Å². The molecule has 0 nitrogen and oxygen atoms in total. The first kappa shape index (κ1) is 12.2. The Hall–Kier alpha value is -0.300. The van der Waals surface area contributed by atoms with Crippen LogP contribution in [0.15, 0.2) is 24.3 Å². The van der Waals surface area contributed by atoms with E-state index in [2.05, 4.69) is 61.0 Å². The molecule has 1 aliphatic rings. The fourth-order valence-corrected chi connectivity index (χ4v) is 3.41. The normalized spacial score (nSPS) is 26.0. The first-order chi connectivity index (χ1) is 7.48. The maximum Gasteiger partial charge on any atom is 0.0214 e. The number of alkyl halides is 1. The molecule has 1 fully saturated rings. The van der Waals surface area contributed by atoms with E-state index in [1.165, 1.54) is 30.4 Å². The smallest absolute Gasteiger partial charge is 0.0214 e. The predicted molar refractivity (Wildman–Crippen MR) is 74.4 cm³/mol. The van der Waals surface area contributed by atoms with Gasteiger partial charge in [0.15, 0.2) is 0 Å². The molecule has 88 valence electrons. The lowest BCUT2D eigenvalue weighted by Gasteiger charge is -2.21. The molecule has 2 atom stereocenters. The van der Waals surface area contributed by atoms with Crippen molar-refractivity contribution >= 4 is 15.9 Å². The second-order valence-electron chi connectivity index (χ2n) is 5.93. The van der Waals surface area contributed by atoms with Gasteiger partial charge in [0, 0.05) is 4.83 Å². The number of benzene rings is 1. The van der Waals surface area contributed by atoms with Crippen molar-refractivity contribution in [3.8, 4) is 0 Å². The first-order valence-corrected chi connectivity index (χ1v) is 7.14. The lowest BCUT2D eigenvalue weighted by atomic mass is 9.85. The molecule has 0 heterocycles. The summed E-state index contributed by atoms with van der Waals surface area (Å²) in [4.78, 5) is 0.688. The molecular weight excluding hydrogens is 260 g/mol. The summed E-state index contributed by atoms with van der Waals surface area (Å²) in [5.41, 5.74) is 3.20. The second kappa shape index (κ2) is 4.52. The lowest BCUT2D eigenvalue weighted by Crippen LogP contribution is -2.11. The Bertz CT molecular complexity index is 345. The van der Waals surface area contributed by atoms with Crippen molar-refractivity contribution in [2.45, 2.75) is 56.2 Å². The first-order valence-electron chi connectivity index (χ1n) is 6.23. The number of halogens is 1. The molecule has 1 aliphatic carbocycles. The van der Waals surface area contributed by atoms with Gasteiger partial charge in [0.1, 0.15) is 0 Å². The van der Waals surface area contributed by atoms with Crippen LogP contribution < -0.4 is 0 Å². The highest BCUT2D eigenvalue weighted by molar-refractivity contribution is 9.09. The third-order valence-electron chi connectivity index (χ3n) is 3.64. The van der Waals surface area contributed by atoms with Crippen LogP contribution in [0.1, 0.15) is 57.1 Å². The van der Waals surface area contributed by atoms with Crippen LogP contribution >= 0.6 is 15.9 Å². The maximum absolute atomic E-state index is 3.80. The van der Waals surface area contributed by atoms with E-state index in [0.717, 1.165) is 5.92 Å². The summed E-state index contributed by atoms with van der Waals surface area (Å²) in [6.45, 7) is 6.81. The van der Waals surface area contributed by atoms with Crippen LogP contribution in [-0.2, 0) is 5.41 Å². The minimum absolute atomic E-state index is 0.266. The van der Waals surface area contributed by atoms with Crippen LogP contribution in [0, 0.1) is 0 Å². The van der Waals surface area contributed by atoms with E-state index in [1.807, 2.05) is 0 Å². The van der Waals surface area contributed by atoms with Gasteiger partial charge in [0.25, 0.3) is 0 Å². The minimum atomic E-state index is 0.266. The molecule has 16 heavy (non-hydrogen) atoms. The molecule has 0 aliphatic heterocycles. The third kappa shape index (κ3) is 2.51. The van der Waals surface area contributed by atoms with E-state index in [1.54, 1.807) is 0 Å². The van der Waals surface area contributed by atoms with Gasteiger partial charge in [0.2, 0.25) is 0 Å². The third-order valence-corrected chi connectivity index (χ3v) is 4.73. The van der Waals surface area contributed by atoms with Gasteiger partial charge in [-0.05, 0) is 35.3 Å². The lowest BCUT2D eigenvalue weighted by molar-refractivity contribution is 0.589. The summed E-state index contributed by atoms with van der Waals surface area (Å²) in [5, 5.41) is 0. The molecule has 0 spiro atoms. The SMILES string of the molecule is CC(C)(C)c1ccc(C2CCCC2Br)cc1. The Balaban J connectivity index is 2.19. The molecular formula is C15H21Br. The van der Waals surface area contributed by atoms with Crippen LogP contribution in [0.4, 0.5) is 0 Å². The van der Waals surface area contributed by atoms with E-state index in [-0.39, 0.29) is 5.41 Å². The Morgan fingerprint density at radius 1 is 1.06 bits per heavy atom. The van der Waals surface area contributed by atoms with Crippen LogP contribution in [0.2, 0.25) is 0 Å². The largest absolute Gasteiger partial charge is 0.0884 e. The average molecular weight is 281 g/mol. The Labute approximate surface area is 108 Å². The quantitative estimate of drug-likeness (QED) is 0.634. The van der Waals surface area contributed by atoms with Crippen molar-refractivity contribution in [3.63, 3.8) is 0 Å². The van der Waals surface area contributed by atoms with E-state index in [0.29, 0.717) is 4.83 Å². The molecule has 0 saturated heterocycles. The van der Waals surface area contributed by atoms with Crippen molar-refractivity contribution < 1.29 is 0 Å². The Morgan fingerprint density at radius 2 is 1.69 bits per heavy atom. The molecule has 0 bridgehead atoms. The van der Waals surface area contributed by atoms with Crippen LogP contribution in [-0.4, -0.2) is 4.83 Å². The minimum Gasteiger partial charge on any atom is -0.0884 e. The van der Waals surface area contributed by atoms with Gasteiger partial charge in [-0.15, -0.1) is 0 Å². The van der Waals surface area contributed by atoms with Crippen molar-refractivity contribution in [3.05, 3.63) is 35.4 Å². The molecule has 0 N–H and O–H groups in total. The molecule has 1 heteroatoms. The molecule has 1 aromatic rings. The fourth-order valence-electron chi connectivity index (χ4n) is 2.52. The number of hydrogen-bond donors (Lipinski definition) is 0. The molecule has 2 unspecified atom stereocenters. The van der Waals surface area contributed by atoms with Gasteiger partial charge in [-0.3, -0.25) is 0 Å². The Kier molecular flexibility index (Phi) is 3.44. The molecule has 0 amide bonds. The second-order valence-corrected chi connectivity index (χ2v) is 7.10. The highest BCUT2D eigenvalue weighted by Gasteiger charge is 2.26. The van der Waals surface area contributed by atoms with E-state index in [9.17, 15) is 0 Å². The summed E-state index contributed by atoms with van der Waals surface area (Å²) >= 11 is 3.80. The monoisotopic (exact) mass is 280 g/mol. The van der Waals surface area contributed by atoms with Crippen molar-refractivity contribution in [1.29, 1.82) is 0 Å². The number of hydrogen-bond acceptors (Lipinski definition) is 0. The maximum atomic E-state index is 3.80. The summed E-state index contributed by atoms with van der Waals surface area (Å²) in [5.74, 6) is 0.731. The van der Waals surface area contributed by atoms with Gasteiger partial charge >= 0.3 is 0 Å². The molecule has 0 aromatic heterocycles. The van der Waals surface area contributed by atoms with Gasteiger partial charge in [-0.25, -0.2) is 0 Å². The topological polar surface area (TPSA) is 0 Å². The van der Waals surface area contributed by atoms with Crippen molar-refractivity contribution in [2.24, 2.45) is 0 Å². The zero-order valence-electron chi connectivity index (χ0n) is 10.5. The summed E-state index contributed by atoms with van der Waals surface area (Å²) in [6.07, 6.45) is 4.03. The van der Waals surface area contributed by atoms with E-state index < -0.39 is 0 Å². The van der Waals surface area contributed by atoms with Gasteiger partial charge in [-0.2, -0.15) is 0 Å². The standard InChI is InChI=1S/C15H21Br/c1-15(2,3)12-9-7-11(8-10-12)13-5-4-6-14(13)16/h7-10,13-14H,4-6H2,1-3H3. The van der Waals surface area contributed by atoms with Gasteiger partial charge in [-0.1, -0.05) is 67.4 Å². The average Bonchev–Trinajstić information content (AvgIpc) is 2.63. The van der Waals surface area contributed by atoms with Gasteiger partial charge < -0.3 is 0 Å². The van der Waals surface area contributed by atoms with Crippen LogP contribution in [0.25, 0.3) is 0 Å². The molecule has 0 radical (unpaired) electrons. The van der Waals surface area contributed by atoms with E-state index in [4.69, 9.17) is 0 Å². The number of rotatable bonds is 1. The van der Waals surface area contributed by atoms with Gasteiger partial charge in [0.05, 0.1) is 0 Å².